The van der Waals surface area contributed by atoms with Crippen LogP contribution in [0.25, 0.3) is 89.4 Å². The van der Waals surface area contributed by atoms with E-state index in [1.54, 1.807) is 0 Å². The second-order valence-corrected chi connectivity index (χ2v) is 11.5. The van der Waals surface area contributed by atoms with Gasteiger partial charge in [0, 0.05) is 27.6 Å². The minimum atomic E-state index is 0.544. The van der Waals surface area contributed by atoms with E-state index in [1.165, 1.54) is 5.39 Å². The third-order valence-electron chi connectivity index (χ3n) is 8.55. The number of benzene rings is 6. The van der Waals surface area contributed by atoms with Crippen molar-refractivity contribution >= 4 is 32.8 Å². The number of hydrogen-bond donors (Lipinski definition) is 0. The molecular weight excluding hydrogens is 576 g/mol. The van der Waals surface area contributed by atoms with E-state index < -0.39 is 0 Å². The van der Waals surface area contributed by atoms with Crippen LogP contribution in [0.1, 0.15) is 0 Å². The average molecular weight is 603 g/mol. The molecule has 0 N–H and O–H groups in total. The molecule has 6 aromatic carbocycles. The van der Waals surface area contributed by atoms with Gasteiger partial charge in [-0.15, -0.1) is 0 Å². The zero-order valence-electron chi connectivity index (χ0n) is 25.2. The van der Waals surface area contributed by atoms with Gasteiger partial charge in [0.05, 0.1) is 11.1 Å². The van der Waals surface area contributed by atoms with Gasteiger partial charge in [-0.2, -0.15) is 0 Å². The van der Waals surface area contributed by atoms with E-state index in [1.807, 2.05) is 54.6 Å². The van der Waals surface area contributed by atoms with Crippen LogP contribution < -0.4 is 0 Å². The summed E-state index contributed by atoms with van der Waals surface area (Å²) in [6.45, 7) is 0. The summed E-state index contributed by atoms with van der Waals surface area (Å²) in [4.78, 5) is 20.2. The van der Waals surface area contributed by atoms with Crippen LogP contribution in [-0.4, -0.2) is 19.9 Å². The van der Waals surface area contributed by atoms with Crippen LogP contribution in [0, 0.1) is 0 Å². The molecule has 9 aromatic rings. The van der Waals surface area contributed by atoms with E-state index in [4.69, 9.17) is 24.4 Å². The molecule has 3 aromatic heterocycles. The normalized spacial score (nSPS) is 11.4. The monoisotopic (exact) mass is 602 g/mol. The lowest BCUT2D eigenvalue weighted by molar-refractivity contribution is 0.654. The molecule has 0 fully saturated rings. The summed E-state index contributed by atoms with van der Waals surface area (Å²) in [5, 5.41) is 4.16. The first-order chi connectivity index (χ1) is 23.3. The minimum absolute atomic E-state index is 0.544. The SMILES string of the molecule is c1ccc(-c2ccc(-c3nc(-c4ccccc4)nc(-c4cc(-c5ccc6ccccc6c5)nc5oc6ccccc6c45)n3)cc2)cc1. The lowest BCUT2D eigenvalue weighted by Gasteiger charge is -2.11. The van der Waals surface area contributed by atoms with Gasteiger partial charge in [-0.25, -0.2) is 19.9 Å². The van der Waals surface area contributed by atoms with Crippen LogP contribution >= 0.6 is 0 Å². The summed E-state index contributed by atoms with van der Waals surface area (Å²) in [5.41, 5.74) is 8.03. The van der Waals surface area contributed by atoms with Gasteiger partial charge in [-0.05, 0) is 40.1 Å². The third-order valence-corrected chi connectivity index (χ3v) is 8.55. The van der Waals surface area contributed by atoms with Crippen molar-refractivity contribution < 1.29 is 4.42 Å². The van der Waals surface area contributed by atoms with E-state index >= 15 is 0 Å². The van der Waals surface area contributed by atoms with Gasteiger partial charge in [0.2, 0.25) is 5.71 Å². The topological polar surface area (TPSA) is 64.7 Å². The van der Waals surface area contributed by atoms with E-state index in [2.05, 4.69) is 103 Å². The van der Waals surface area contributed by atoms with E-state index in [-0.39, 0.29) is 0 Å². The summed E-state index contributed by atoms with van der Waals surface area (Å²) in [7, 11) is 0. The Bertz CT molecular complexity index is 2560. The van der Waals surface area contributed by atoms with Crippen molar-refractivity contribution in [3.05, 3.63) is 158 Å². The fraction of sp³-hybridized carbons (Fsp3) is 0. The second kappa shape index (κ2) is 11.2. The fourth-order valence-electron chi connectivity index (χ4n) is 6.18. The van der Waals surface area contributed by atoms with Gasteiger partial charge >= 0.3 is 0 Å². The molecule has 3 heterocycles. The smallest absolute Gasteiger partial charge is 0.228 e. The molecule has 0 aliphatic rings. The molecule has 0 spiro atoms. The Morgan fingerprint density at radius 1 is 0.383 bits per heavy atom. The van der Waals surface area contributed by atoms with Crippen molar-refractivity contribution in [2.24, 2.45) is 0 Å². The number of hydrogen-bond acceptors (Lipinski definition) is 5. The second-order valence-electron chi connectivity index (χ2n) is 11.5. The predicted octanol–water partition coefficient (Wildman–Crippen LogP) is 10.7. The molecule has 0 saturated carbocycles. The highest BCUT2D eigenvalue weighted by atomic mass is 16.3. The molecule has 5 nitrogen and oxygen atoms in total. The van der Waals surface area contributed by atoms with Crippen LogP contribution in [0.15, 0.2) is 162 Å². The van der Waals surface area contributed by atoms with E-state index in [9.17, 15) is 0 Å². The van der Waals surface area contributed by atoms with Crippen molar-refractivity contribution in [2.75, 3.05) is 0 Å². The summed E-state index contributed by atoms with van der Waals surface area (Å²) in [5.74, 6) is 1.75. The molecule has 0 aliphatic heterocycles. The lowest BCUT2D eigenvalue weighted by Crippen LogP contribution is -2.01. The van der Waals surface area contributed by atoms with Gasteiger partial charge in [0.1, 0.15) is 5.58 Å². The first kappa shape index (κ1) is 26.9. The lowest BCUT2D eigenvalue weighted by atomic mass is 10.0. The maximum Gasteiger partial charge on any atom is 0.228 e. The Balaban J connectivity index is 1.28. The van der Waals surface area contributed by atoms with Crippen LogP contribution in [0.2, 0.25) is 0 Å². The molecule has 0 atom stereocenters. The highest BCUT2D eigenvalue weighted by molar-refractivity contribution is 6.11. The van der Waals surface area contributed by atoms with Gasteiger partial charge in [-0.3, -0.25) is 0 Å². The Kier molecular flexibility index (Phi) is 6.39. The number of furan rings is 1. The average Bonchev–Trinajstić information content (AvgIpc) is 3.53. The number of pyridine rings is 1. The highest BCUT2D eigenvalue weighted by Crippen LogP contribution is 2.38. The number of nitrogens with zero attached hydrogens (tertiary/aromatic N) is 4. The van der Waals surface area contributed by atoms with Crippen molar-refractivity contribution in [3.8, 4) is 56.5 Å². The molecule has 5 heteroatoms. The molecule has 0 radical (unpaired) electrons. The number of fused-ring (bicyclic) bond motifs is 4. The number of para-hydroxylation sites is 1. The molecule has 0 bridgehead atoms. The molecule has 0 saturated heterocycles. The Hall–Kier alpha value is -6.46. The van der Waals surface area contributed by atoms with Crippen LogP contribution in [0.5, 0.6) is 0 Å². The zero-order valence-corrected chi connectivity index (χ0v) is 25.2. The van der Waals surface area contributed by atoms with Gasteiger partial charge in [0.25, 0.3) is 0 Å². The molecule has 220 valence electrons. The van der Waals surface area contributed by atoms with Gasteiger partial charge in [0.15, 0.2) is 17.5 Å². The van der Waals surface area contributed by atoms with Crippen molar-refractivity contribution in [2.45, 2.75) is 0 Å². The van der Waals surface area contributed by atoms with Crippen molar-refractivity contribution in [1.29, 1.82) is 0 Å². The third kappa shape index (κ3) is 4.91. The number of aromatic nitrogens is 4. The first-order valence-corrected chi connectivity index (χ1v) is 15.6. The van der Waals surface area contributed by atoms with E-state index in [0.717, 1.165) is 60.8 Å². The first-order valence-electron chi connectivity index (χ1n) is 15.6. The quantitative estimate of drug-likeness (QED) is 0.196. The van der Waals surface area contributed by atoms with E-state index in [0.29, 0.717) is 23.2 Å². The Labute approximate surface area is 270 Å². The maximum atomic E-state index is 6.37. The zero-order chi connectivity index (χ0) is 31.2. The van der Waals surface area contributed by atoms with Crippen molar-refractivity contribution in [3.63, 3.8) is 0 Å². The van der Waals surface area contributed by atoms with Crippen LogP contribution in [-0.2, 0) is 0 Å². The standard InChI is InChI=1S/C42H26N4O/c1-3-11-27(12-4-1)29-19-22-31(23-20-29)40-44-39(30-14-5-2-6-15-30)45-41(46-40)35-26-36(33-24-21-28-13-7-8-16-32(28)25-33)43-42-38(35)34-17-9-10-18-37(34)47-42/h1-26H. The molecule has 0 amide bonds. The van der Waals surface area contributed by atoms with Gasteiger partial charge < -0.3 is 4.42 Å². The molecule has 0 aliphatic carbocycles. The Morgan fingerprint density at radius 3 is 1.70 bits per heavy atom. The summed E-state index contributed by atoms with van der Waals surface area (Å²) < 4.78 is 6.37. The predicted molar refractivity (Wildman–Crippen MR) is 190 cm³/mol. The summed E-state index contributed by atoms with van der Waals surface area (Å²) in [6.07, 6.45) is 0. The van der Waals surface area contributed by atoms with Crippen LogP contribution in [0.3, 0.4) is 0 Å². The van der Waals surface area contributed by atoms with Crippen molar-refractivity contribution in [1.82, 2.24) is 19.9 Å². The maximum absolute atomic E-state index is 6.37. The molecule has 47 heavy (non-hydrogen) atoms. The number of rotatable bonds is 5. The largest absolute Gasteiger partial charge is 0.438 e. The highest BCUT2D eigenvalue weighted by Gasteiger charge is 2.20. The molecule has 9 rings (SSSR count). The Morgan fingerprint density at radius 2 is 0.936 bits per heavy atom. The fourth-order valence-corrected chi connectivity index (χ4v) is 6.18. The summed E-state index contributed by atoms with van der Waals surface area (Å²) >= 11 is 0. The summed E-state index contributed by atoms with van der Waals surface area (Å²) in [6, 6.07) is 53.6. The molecular formula is C42H26N4O. The minimum Gasteiger partial charge on any atom is -0.438 e. The van der Waals surface area contributed by atoms with Crippen LogP contribution in [0.4, 0.5) is 0 Å². The van der Waals surface area contributed by atoms with Gasteiger partial charge in [-0.1, -0.05) is 140 Å². The molecule has 0 unspecified atom stereocenters.